The molecule has 1 aliphatic heterocycles. The SMILES string of the molecule is CCC(C(N)=O)N1CC(C)N(C)C(C)C1. The van der Waals surface area contributed by atoms with Crippen molar-refractivity contribution >= 4 is 5.91 Å². The van der Waals surface area contributed by atoms with Crippen molar-refractivity contribution in [3.05, 3.63) is 0 Å². The van der Waals surface area contributed by atoms with Gasteiger partial charge in [-0.05, 0) is 27.3 Å². The van der Waals surface area contributed by atoms with E-state index < -0.39 is 0 Å². The van der Waals surface area contributed by atoms with Crippen LogP contribution in [0, 0.1) is 0 Å². The van der Waals surface area contributed by atoms with Gasteiger partial charge in [0.2, 0.25) is 5.91 Å². The lowest BCUT2D eigenvalue weighted by Crippen LogP contribution is -2.59. The van der Waals surface area contributed by atoms with E-state index in [1.165, 1.54) is 0 Å². The van der Waals surface area contributed by atoms with Crippen LogP contribution < -0.4 is 5.73 Å². The van der Waals surface area contributed by atoms with E-state index in [0.29, 0.717) is 12.1 Å². The van der Waals surface area contributed by atoms with Crippen molar-refractivity contribution in [1.29, 1.82) is 0 Å². The van der Waals surface area contributed by atoms with E-state index in [-0.39, 0.29) is 11.9 Å². The van der Waals surface area contributed by atoms with Crippen molar-refractivity contribution in [1.82, 2.24) is 9.80 Å². The van der Waals surface area contributed by atoms with Crippen LogP contribution in [0.15, 0.2) is 0 Å². The van der Waals surface area contributed by atoms with Crippen molar-refractivity contribution in [2.45, 2.75) is 45.3 Å². The molecule has 1 amide bonds. The van der Waals surface area contributed by atoms with E-state index in [9.17, 15) is 4.79 Å². The summed E-state index contributed by atoms with van der Waals surface area (Å²) in [5.74, 6) is -0.193. The zero-order valence-electron chi connectivity index (χ0n) is 10.2. The van der Waals surface area contributed by atoms with Crippen molar-refractivity contribution in [2.24, 2.45) is 5.73 Å². The molecule has 3 unspecified atom stereocenters. The number of carbonyl (C=O) groups excluding carboxylic acids is 1. The van der Waals surface area contributed by atoms with Gasteiger partial charge in [0, 0.05) is 25.2 Å². The number of amides is 1. The Morgan fingerprint density at radius 2 is 1.87 bits per heavy atom. The summed E-state index contributed by atoms with van der Waals surface area (Å²) in [7, 11) is 2.14. The van der Waals surface area contributed by atoms with Crippen molar-refractivity contribution in [3.8, 4) is 0 Å². The van der Waals surface area contributed by atoms with Gasteiger partial charge >= 0.3 is 0 Å². The third-order valence-corrected chi connectivity index (χ3v) is 3.54. The van der Waals surface area contributed by atoms with Crippen LogP contribution in [0.5, 0.6) is 0 Å². The number of primary amides is 1. The predicted molar refractivity (Wildman–Crippen MR) is 61.5 cm³/mol. The Bertz CT molecular complexity index is 220. The van der Waals surface area contributed by atoms with Gasteiger partial charge in [-0.3, -0.25) is 14.6 Å². The number of carbonyl (C=O) groups is 1. The van der Waals surface area contributed by atoms with Crippen molar-refractivity contribution in [3.63, 3.8) is 0 Å². The predicted octanol–water partition coefficient (Wildman–Crippen LogP) is 0.275. The Morgan fingerprint density at radius 3 is 2.20 bits per heavy atom. The summed E-state index contributed by atoms with van der Waals surface area (Å²) in [6.07, 6.45) is 0.804. The smallest absolute Gasteiger partial charge is 0.234 e. The summed E-state index contributed by atoms with van der Waals surface area (Å²) in [5, 5.41) is 0. The van der Waals surface area contributed by atoms with E-state index in [0.717, 1.165) is 19.5 Å². The van der Waals surface area contributed by atoms with Gasteiger partial charge in [-0.25, -0.2) is 0 Å². The fraction of sp³-hybridized carbons (Fsp3) is 0.909. The van der Waals surface area contributed by atoms with Gasteiger partial charge in [0.1, 0.15) is 0 Å². The average molecular weight is 213 g/mol. The van der Waals surface area contributed by atoms with E-state index in [1.807, 2.05) is 6.92 Å². The first-order valence-electron chi connectivity index (χ1n) is 5.72. The van der Waals surface area contributed by atoms with E-state index in [4.69, 9.17) is 5.73 Å². The summed E-state index contributed by atoms with van der Waals surface area (Å²) < 4.78 is 0. The maximum atomic E-state index is 11.3. The molecule has 0 saturated carbocycles. The number of nitrogens with zero attached hydrogens (tertiary/aromatic N) is 2. The Hall–Kier alpha value is -0.610. The maximum absolute atomic E-state index is 11.3. The van der Waals surface area contributed by atoms with Gasteiger partial charge in [-0.15, -0.1) is 0 Å². The van der Waals surface area contributed by atoms with Crippen molar-refractivity contribution < 1.29 is 4.79 Å². The molecule has 4 nitrogen and oxygen atoms in total. The van der Waals surface area contributed by atoms with Crippen LogP contribution in [0.2, 0.25) is 0 Å². The van der Waals surface area contributed by atoms with Crippen LogP contribution in [-0.2, 0) is 4.79 Å². The molecule has 0 aliphatic carbocycles. The quantitative estimate of drug-likeness (QED) is 0.732. The topological polar surface area (TPSA) is 49.6 Å². The summed E-state index contributed by atoms with van der Waals surface area (Å²) >= 11 is 0. The number of hydrogen-bond donors (Lipinski definition) is 1. The van der Waals surface area contributed by atoms with Gasteiger partial charge in [0.15, 0.2) is 0 Å². The summed E-state index contributed by atoms with van der Waals surface area (Å²) in [5.41, 5.74) is 5.41. The van der Waals surface area contributed by atoms with E-state index in [1.54, 1.807) is 0 Å². The van der Waals surface area contributed by atoms with Gasteiger partial charge in [0.05, 0.1) is 6.04 Å². The third-order valence-electron chi connectivity index (χ3n) is 3.54. The zero-order chi connectivity index (χ0) is 11.6. The van der Waals surface area contributed by atoms with Crippen LogP contribution in [-0.4, -0.2) is 54.0 Å². The number of likely N-dealkylation sites (N-methyl/N-ethyl adjacent to an activating group) is 1. The molecular formula is C11H23N3O. The Balaban J connectivity index is 2.67. The fourth-order valence-corrected chi connectivity index (χ4v) is 2.34. The molecule has 1 heterocycles. The minimum atomic E-state index is -0.193. The summed E-state index contributed by atoms with van der Waals surface area (Å²) in [6, 6.07) is 0.882. The highest BCUT2D eigenvalue weighted by Gasteiger charge is 2.32. The monoisotopic (exact) mass is 213 g/mol. The second-order valence-corrected chi connectivity index (χ2v) is 4.64. The molecule has 88 valence electrons. The molecule has 3 atom stereocenters. The minimum absolute atomic E-state index is 0.0939. The molecule has 0 aromatic rings. The maximum Gasteiger partial charge on any atom is 0.234 e. The first-order valence-corrected chi connectivity index (χ1v) is 5.72. The lowest BCUT2D eigenvalue weighted by Gasteiger charge is -2.44. The molecule has 1 aliphatic rings. The number of nitrogens with two attached hydrogens (primary N) is 1. The molecule has 0 aromatic heterocycles. The van der Waals surface area contributed by atoms with Gasteiger partial charge in [-0.2, -0.15) is 0 Å². The zero-order valence-corrected chi connectivity index (χ0v) is 10.2. The first kappa shape index (κ1) is 12.5. The second kappa shape index (κ2) is 4.94. The van der Waals surface area contributed by atoms with Crippen LogP contribution in [0.1, 0.15) is 27.2 Å². The Morgan fingerprint density at radius 1 is 1.40 bits per heavy atom. The second-order valence-electron chi connectivity index (χ2n) is 4.64. The minimum Gasteiger partial charge on any atom is -0.368 e. The standard InChI is InChI=1S/C11H23N3O/c1-5-10(11(12)15)14-6-8(2)13(4)9(3)7-14/h8-10H,5-7H2,1-4H3,(H2,12,15). The Kier molecular flexibility index (Phi) is 4.11. The molecule has 0 spiro atoms. The first-order chi connectivity index (χ1) is 6.97. The average Bonchev–Trinajstić information content (AvgIpc) is 2.14. The molecule has 15 heavy (non-hydrogen) atoms. The number of rotatable bonds is 3. The van der Waals surface area contributed by atoms with Crippen molar-refractivity contribution in [2.75, 3.05) is 20.1 Å². The molecule has 0 aromatic carbocycles. The fourth-order valence-electron chi connectivity index (χ4n) is 2.34. The van der Waals surface area contributed by atoms with Crippen LogP contribution in [0.3, 0.4) is 0 Å². The van der Waals surface area contributed by atoms with Gasteiger partial charge in [-0.1, -0.05) is 6.92 Å². The molecule has 0 radical (unpaired) electrons. The third kappa shape index (κ3) is 2.69. The lowest BCUT2D eigenvalue weighted by atomic mass is 10.0. The highest BCUT2D eigenvalue weighted by Crippen LogP contribution is 2.16. The molecule has 0 bridgehead atoms. The highest BCUT2D eigenvalue weighted by atomic mass is 16.1. The van der Waals surface area contributed by atoms with E-state index >= 15 is 0 Å². The lowest BCUT2D eigenvalue weighted by molar-refractivity contribution is -0.125. The summed E-state index contributed by atoms with van der Waals surface area (Å²) in [6.45, 7) is 8.26. The van der Waals surface area contributed by atoms with Crippen LogP contribution >= 0.6 is 0 Å². The largest absolute Gasteiger partial charge is 0.368 e. The van der Waals surface area contributed by atoms with Gasteiger partial charge < -0.3 is 5.73 Å². The Labute approximate surface area is 92.4 Å². The van der Waals surface area contributed by atoms with Gasteiger partial charge in [0.25, 0.3) is 0 Å². The normalized spacial score (nSPS) is 31.5. The number of hydrogen-bond acceptors (Lipinski definition) is 3. The molecule has 4 heteroatoms. The van der Waals surface area contributed by atoms with Crippen LogP contribution in [0.4, 0.5) is 0 Å². The molecule has 1 rings (SSSR count). The summed E-state index contributed by atoms with van der Waals surface area (Å²) in [4.78, 5) is 15.9. The molecule has 1 fully saturated rings. The molecular weight excluding hydrogens is 190 g/mol. The molecule has 2 N–H and O–H groups in total. The van der Waals surface area contributed by atoms with Crippen LogP contribution in [0.25, 0.3) is 0 Å². The van der Waals surface area contributed by atoms with E-state index in [2.05, 4.69) is 30.7 Å². The number of piperazine rings is 1. The highest BCUT2D eigenvalue weighted by molar-refractivity contribution is 5.79. The molecule has 1 saturated heterocycles.